The number of unbranched alkanes of at least 4 members (excludes halogenated alkanes) is 2. The molecular weight excluding hydrogens is 356 g/mol. The molecule has 0 saturated carbocycles. The molecular formula is C18H24N2O3S2. The van der Waals surface area contributed by atoms with Crippen LogP contribution in [0.2, 0.25) is 0 Å². The number of nitrogens with zero attached hydrogens (tertiary/aromatic N) is 1. The Kier molecular flexibility index (Phi) is 7.71. The van der Waals surface area contributed by atoms with Crippen molar-refractivity contribution in [2.75, 3.05) is 19.0 Å². The summed E-state index contributed by atoms with van der Waals surface area (Å²) in [5.74, 6) is 0.755. The third kappa shape index (κ3) is 5.44. The van der Waals surface area contributed by atoms with Crippen LogP contribution in [0.4, 0.5) is 5.69 Å². The predicted octanol–water partition coefficient (Wildman–Crippen LogP) is 3.83. The Hall–Kier alpha value is -1.60. The van der Waals surface area contributed by atoms with E-state index in [1.807, 2.05) is 31.2 Å². The van der Waals surface area contributed by atoms with Crippen LogP contribution >= 0.6 is 24.0 Å². The van der Waals surface area contributed by atoms with Crippen LogP contribution < -0.4 is 10.1 Å². The van der Waals surface area contributed by atoms with E-state index in [0.717, 1.165) is 25.7 Å². The Balaban J connectivity index is 1.67. The average molecular weight is 381 g/mol. The third-order valence-corrected chi connectivity index (χ3v) is 5.79. The van der Waals surface area contributed by atoms with Gasteiger partial charge in [-0.05, 0) is 31.4 Å². The summed E-state index contributed by atoms with van der Waals surface area (Å²) >= 11 is 6.76. The summed E-state index contributed by atoms with van der Waals surface area (Å²) in [4.78, 5) is 25.9. The average Bonchev–Trinajstić information content (AvgIpc) is 2.89. The molecule has 1 aliphatic rings. The molecule has 0 aromatic heterocycles. The molecule has 5 nitrogen and oxygen atoms in total. The van der Waals surface area contributed by atoms with Crippen LogP contribution in [0.25, 0.3) is 0 Å². The summed E-state index contributed by atoms with van der Waals surface area (Å²) in [5, 5.41) is 2.85. The molecule has 1 aliphatic heterocycles. The van der Waals surface area contributed by atoms with E-state index in [1.165, 1.54) is 11.8 Å². The van der Waals surface area contributed by atoms with Gasteiger partial charge in [-0.25, -0.2) is 0 Å². The largest absolute Gasteiger partial charge is 0.495 e. The van der Waals surface area contributed by atoms with E-state index in [0.29, 0.717) is 28.7 Å². The van der Waals surface area contributed by atoms with E-state index in [9.17, 15) is 9.59 Å². The zero-order valence-electron chi connectivity index (χ0n) is 14.6. The molecule has 1 aromatic rings. The number of thioether (sulfide) groups is 1. The molecule has 2 rings (SSSR count). The molecule has 1 heterocycles. The van der Waals surface area contributed by atoms with Crippen LogP contribution in [-0.2, 0) is 9.59 Å². The van der Waals surface area contributed by atoms with Crippen LogP contribution in [-0.4, -0.2) is 39.9 Å². The lowest BCUT2D eigenvalue weighted by Gasteiger charge is -2.15. The standard InChI is InChI=1S/C18H24N2O3S2/c1-3-15-17(22)20(18(24)25-15)12-8-4-5-11-16(21)19-13-9-6-7-10-14(13)23-2/h6-7,9-10,15H,3-5,8,11-12H2,1-2H3,(H,19,21). The van der Waals surface area contributed by atoms with Gasteiger partial charge in [-0.3, -0.25) is 14.5 Å². The minimum atomic E-state index is -0.0288. The summed E-state index contributed by atoms with van der Waals surface area (Å²) in [6, 6.07) is 7.35. The first-order chi connectivity index (χ1) is 12.1. The van der Waals surface area contributed by atoms with Gasteiger partial charge in [0.1, 0.15) is 10.1 Å². The second-order valence-electron chi connectivity index (χ2n) is 5.83. The van der Waals surface area contributed by atoms with E-state index in [2.05, 4.69) is 5.32 Å². The number of benzene rings is 1. The number of methoxy groups -OCH3 is 1. The normalized spacial score (nSPS) is 17.0. The monoisotopic (exact) mass is 380 g/mol. The van der Waals surface area contributed by atoms with Gasteiger partial charge in [-0.15, -0.1) is 0 Å². The summed E-state index contributed by atoms with van der Waals surface area (Å²) in [6.45, 7) is 2.65. The molecule has 1 N–H and O–H groups in total. The van der Waals surface area contributed by atoms with Gasteiger partial charge < -0.3 is 10.1 Å². The SMILES string of the molecule is CCC1SC(=S)N(CCCCCC(=O)Nc2ccccc2OC)C1=O. The minimum absolute atomic E-state index is 0.0147. The fourth-order valence-electron chi connectivity index (χ4n) is 2.65. The van der Waals surface area contributed by atoms with Crippen LogP contribution in [0.15, 0.2) is 24.3 Å². The Morgan fingerprint density at radius 1 is 1.32 bits per heavy atom. The highest BCUT2D eigenvalue weighted by molar-refractivity contribution is 8.24. The molecule has 1 unspecified atom stereocenters. The van der Waals surface area contributed by atoms with Crippen LogP contribution in [0.5, 0.6) is 5.75 Å². The van der Waals surface area contributed by atoms with Gasteiger partial charge in [-0.2, -0.15) is 0 Å². The van der Waals surface area contributed by atoms with E-state index in [-0.39, 0.29) is 17.1 Å². The van der Waals surface area contributed by atoms with Crippen molar-refractivity contribution in [3.8, 4) is 5.75 Å². The van der Waals surface area contributed by atoms with Crippen molar-refractivity contribution in [2.24, 2.45) is 0 Å². The number of hydrogen-bond donors (Lipinski definition) is 1. The zero-order chi connectivity index (χ0) is 18.2. The molecule has 136 valence electrons. The highest BCUT2D eigenvalue weighted by atomic mass is 32.2. The van der Waals surface area contributed by atoms with Gasteiger partial charge in [0.2, 0.25) is 11.8 Å². The van der Waals surface area contributed by atoms with Gasteiger partial charge >= 0.3 is 0 Å². The summed E-state index contributed by atoms with van der Waals surface area (Å²) in [6.07, 6.45) is 3.77. The number of hydrogen-bond acceptors (Lipinski definition) is 5. The smallest absolute Gasteiger partial charge is 0.241 e. The van der Waals surface area contributed by atoms with Crippen molar-refractivity contribution < 1.29 is 14.3 Å². The van der Waals surface area contributed by atoms with Crippen molar-refractivity contribution in [1.29, 1.82) is 0 Å². The van der Waals surface area contributed by atoms with Crippen molar-refractivity contribution in [3.63, 3.8) is 0 Å². The fraction of sp³-hybridized carbons (Fsp3) is 0.500. The number of thiocarbonyl (C=S) groups is 1. The van der Waals surface area contributed by atoms with Gasteiger partial charge in [0.05, 0.1) is 18.0 Å². The first-order valence-corrected chi connectivity index (χ1v) is 9.80. The maximum atomic E-state index is 12.1. The summed E-state index contributed by atoms with van der Waals surface area (Å²) < 4.78 is 5.90. The van der Waals surface area contributed by atoms with Crippen LogP contribution in [0.3, 0.4) is 0 Å². The van der Waals surface area contributed by atoms with Crippen molar-refractivity contribution in [1.82, 2.24) is 4.90 Å². The number of rotatable bonds is 9. The quantitative estimate of drug-likeness (QED) is 0.521. The summed E-state index contributed by atoms with van der Waals surface area (Å²) in [7, 11) is 1.58. The lowest BCUT2D eigenvalue weighted by molar-refractivity contribution is -0.126. The number of anilines is 1. The van der Waals surface area contributed by atoms with Crippen molar-refractivity contribution in [3.05, 3.63) is 24.3 Å². The lowest BCUT2D eigenvalue weighted by Crippen LogP contribution is -2.32. The van der Waals surface area contributed by atoms with Crippen molar-refractivity contribution >= 4 is 45.8 Å². The lowest BCUT2D eigenvalue weighted by atomic mass is 10.1. The fourth-order valence-corrected chi connectivity index (χ4v) is 4.13. The van der Waals surface area contributed by atoms with Gasteiger partial charge in [0, 0.05) is 13.0 Å². The predicted molar refractivity (Wildman–Crippen MR) is 106 cm³/mol. The molecule has 1 aromatic carbocycles. The molecule has 25 heavy (non-hydrogen) atoms. The molecule has 1 saturated heterocycles. The first kappa shape index (κ1) is 19.7. The van der Waals surface area contributed by atoms with Crippen LogP contribution in [0, 0.1) is 0 Å². The molecule has 0 aliphatic carbocycles. The van der Waals surface area contributed by atoms with E-state index in [1.54, 1.807) is 12.0 Å². The second-order valence-corrected chi connectivity index (χ2v) is 7.67. The molecule has 2 amide bonds. The molecule has 1 atom stereocenters. The number of ether oxygens (including phenoxy) is 1. The Labute approximate surface area is 158 Å². The zero-order valence-corrected chi connectivity index (χ0v) is 16.3. The number of carbonyl (C=O) groups excluding carboxylic acids is 2. The Morgan fingerprint density at radius 2 is 2.08 bits per heavy atom. The highest BCUT2D eigenvalue weighted by Crippen LogP contribution is 2.29. The molecule has 1 fully saturated rings. The van der Waals surface area contributed by atoms with E-state index >= 15 is 0 Å². The van der Waals surface area contributed by atoms with Gasteiger partial charge in [0.25, 0.3) is 0 Å². The van der Waals surface area contributed by atoms with Crippen LogP contribution in [0.1, 0.15) is 39.0 Å². The van der Waals surface area contributed by atoms with E-state index in [4.69, 9.17) is 17.0 Å². The maximum absolute atomic E-state index is 12.1. The molecule has 0 spiro atoms. The third-order valence-electron chi connectivity index (χ3n) is 4.04. The highest BCUT2D eigenvalue weighted by Gasteiger charge is 2.34. The van der Waals surface area contributed by atoms with Gasteiger partial charge in [0.15, 0.2) is 0 Å². The topological polar surface area (TPSA) is 58.6 Å². The number of carbonyl (C=O) groups is 2. The van der Waals surface area contributed by atoms with Crippen molar-refractivity contribution in [2.45, 2.75) is 44.3 Å². The second kappa shape index (κ2) is 9.77. The number of para-hydroxylation sites is 2. The summed E-state index contributed by atoms with van der Waals surface area (Å²) in [5.41, 5.74) is 0.686. The maximum Gasteiger partial charge on any atom is 0.241 e. The minimum Gasteiger partial charge on any atom is -0.495 e. The molecule has 7 heteroatoms. The van der Waals surface area contributed by atoms with E-state index < -0.39 is 0 Å². The Bertz CT molecular complexity index is 637. The molecule has 0 radical (unpaired) electrons. The van der Waals surface area contributed by atoms with Gasteiger partial charge in [-0.1, -0.05) is 49.5 Å². The number of nitrogens with one attached hydrogen (secondary N) is 1. The number of amides is 2. The molecule has 0 bridgehead atoms. The Morgan fingerprint density at radius 3 is 2.76 bits per heavy atom. The first-order valence-electron chi connectivity index (χ1n) is 8.51.